The first-order chi connectivity index (χ1) is 9.22. The minimum atomic E-state index is 0.110. The third-order valence-electron chi connectivity index (χ3n) is 3.34. The minimum absolute atomic E-state index is 0.110. The Bertz CT molecular complexity index is 493. The van der Waals surface area contributed by atoms with Gasteiger partial charge in [-0.2, -0.15) is 5.10 Å². The highest BCUT2D eigenvalue weighted by Gasteiger charge is 2.13. The van der Waals surface area contributed by atoms with Crippen molar-refractivity contribution in [2.45, 2.75) is 26.4 Å². The van der Waals surface area contributed by atoms with E-state index in [0.29, 0.717) is 12.5 Å². The van der Waals surface area contributed by atoms with Crippen molar-refractivity contribution in [3.05, 3.63) is 42.1 Å². The molecular weight excluding hydrogens is 238 g/mol. The van der Waals surface area contributed by atoms with Gasteiger partial charge in [0.15, 0.2) is 0 Å². The summed E-state index contributed by atoms with van der Waals surface area (Å²) in [5, 5.41) is 19.9. The highest BCUT2D eigenvalue weighted by molar-refractivity contribution is 5.62. The van der Waals surface area contributed by atoms with Crippen molar-refractivity contribution in [1.29, 1.82) is 0 Å². The lowest BCUT2D eigenvalue weighted by atomic mass is 10.0. The average molecular weight is 259 g/mol. The molecule has 0 aliphatic heterocycles. The Morgan fingerprint density at radius 2 is 2.00 bits per heavy atom. The SMILES string of the molecule is CC(C)[C@@H](CO)NCc1cn[nH]c1-c1ccccc1. The molecule has 0 amide bonds. The van der Waals surface area contributed by atoms with Gasteiger partial charge in [0, 0.05) is 18.2 Å². The lowest BCUT2D eigenvalue weighted by Gasteiger charge is -2.19. The zero-order valence-electron chi connectivity index (χ0n) is 11.4. The van der Waals surface area contributed by atoms with Crippen LogP contribution in [-0.4, -0.2) is 28.0 Å². The van der Waals surface area contributed by atoms with Crippen molar-refractivity contribution in [2.75, 3.05) is 6.61 Å². The molecule has 0 saturated heterocycles. The Morgan fingerprint density at radius 3 is 2.63 bits per heavy atom. The van der Waals surface area contributed by atoms with Crippen LogP contribution in [0.3, 0.4) is 0 Å². The molecule has 0 aliphatic carbocycles. The predicted octanol–water partition coefficient (Wildman–Crippen LogP) is 2.18. The summed E-state index contributed by atoms with van der Waals surface area (Å²) >= 11 is 0. The number of aliphatic hydroxyl groups is 1. The van der Waals surface area contributed by atoms with Crippen molar-refractivity contribution >= 4 is 0 Å². The van der Waals surface area contributed by atoms with Gasteiger partial charge in [0.05, 0.1) is 18.5 Å². The Labute approximate surface area is 113 Å². The maximum absolute atomic E-state index is 9.33. The number of aromatic amines is 1. The quantitative estimate of drug-likeness (QED) is 0.745. The van der Waals surface area contributed by atoms with Crippen molar-refractivity contribution in [3.63, 3.8) is 0 Å². The van der Waals surface area contributed by atoms with Crippen molar-refractivity contribution < 1.29 is 5.11 Å². The number of rotatable bonds is 6. The lowest BCUT2D eigenvalue weighted by Crippen LogP contribution is -2.36. The fourth-order valence-electron chi connectivity index (χ4n) is 2.05. The van der Waals surface area contributed by atoms with E-state index < -0.39 is 0 Å². The Hall–Kier alpha value is -1.65. The third kappa shape index (κ3) is 3.43. The highest BCUT2D eigenvalue weighted by atomic mass is 16.3. The topological polar surface area (TPSA) is 60.9 Å². The number of aliphatic hydroxyl groups excluding tert-OH is 1. The van der Waals surface area contributed by atoms with Gasteiger partial charge in [-0.15, -0.1) is 0 Å². The zero-order chi connectivity index (χ0) is 13.7. The first-order valence-electron chi connectivity index (χ1n) is 6.64. The fourth-order valence-corrected chi connectivity index (χ4v) is 2.05. The molecule has 3 N–H and O–H groups in total. The molecule has 1 aromatic carbocycles. The van der Waals surface area contributed by atoms with Crippen LogP contribution in [-0.2, 0) is 6.54 Å². The second-order valence-electron chi connectivity index (χ2n) is 5.05. The smallest absolute Gasteiger partial charge is 0.0695 e. The van der Waals surface area contributed by atoms with E-state index in [1.165, 1.54) is 0 Å². The molecule has 4 heteroatoms. The molecular formula is C15H21N3O. The molecule has 0 aliphatic rings. The molecule has 0 fully saturated rings. The summed E-state index contributed by atoms with van der Waals surface area (Å²) in [6.45, 7) is 5.04. The van der Waals surface area contributed by atoms with E-state index in [-0.39, 0.29) is 12.6 Å². The van der Waals surface area contributed by atoms with E-state index in [0.717, 1.165) is 16.8 Å². The van der Waals surface area contributed by atoms with Crippen molar-refractivity contribution in [2.24, 2.45) is 5.92 Å². The molecule has 2 aromatic rings. The molecule has 0 bridgehead atoms. The zero-order valence-corrected chi connectivity index (χ0v) is 11.4. The number of nitrogens with one attached hydrogen (secondary N) is 2. The molecule has 2 rings (SSSR count). The highest BCUT2D eigenvalue weighted by Crippen LogP contribution is 2.20. The maximum Gasteiger partial charge on any atom is 0.0695 e. The Kier molecular flexibility index (Phi) is 4.71. The standard InChI is InChI=1S/C15H21N3O/c1-11(2)14(10-19)16-8-13-9-17-18-15(13)12-6-4-3-5-7-12/h3-7,9,11,14,16,19H,8,10H2,1-2H3,(H,17,18)/t14-/m1/s1. The molecule has 1 aromatic heterocycles. The molecule has 0 unspecified atom stereocenters. The molecule has 102 valence electrons. The summed E-state index contributed by atoms with van der Waals surface area (Å²) < 4.78 is 0. The van der Waals surface area contributed by atoms with Crippen LogP contribution in [0.1, 0.15) is 19.4 Å². The van der Waals surface area contributed by atoms with Gasteiger partial charge in [-0.1, -0.05) is 44.2 Å². The van der Waals surface area contributed by atoms with Crippen molar-refractivity contribution in [3.8, 4) is 11.3 Å². The molecule has 0 spiro atoms. The summed E-state index contributed by atoms with van der Waals surface area (Å²) in [4.78, 5) is 0. The number of H-pyrrole nitrogens is 1. The number of nitrogens with zero attached hydrogens (tertiary/aromatic N) is 1. The van der Waals surface area contributed by atoms with Crippen LogP contribution in [0, 0.1) is 5.92 Å². The van der Waals surface area contributed by atoms with Crippen LogP contribution < -0.4 is 5.32 Å². The van der Waals surface area contributed by atoms with Gasteiger partial charge < -0.3 is 10.4 Å². The average Bonchev–Trinajstić information content (AvgIpc) is 2.88. The first kappa shape index (κ1) is 13.8. The Morgan fingerprint density at radius 1 is 1.26 bits per heavy atom. The van der Waals surface area contributed by atoms with Crippen LogP contribution >= 0.6 is 0 Å². The lowest BCUT2D eigenvalue weighted by molar-refractivity contribution is 0.210. The minimum Gasteiger partial charge on any atom is -0.395 e. The van der Waals surface area contributed by atoms with Crippen LogP contribution in [0.5, 0.6) is 0 Å². The van der Waals surface area contributed by atoms with E-state index in [2.05, 4.69) is 41.5 Å². The summed E-state index contributed by atoms with van der Waals surface area (Å²) in [5.74, 6) is 0.400. The number of benzene rings is 1. The van der Waals surface area contributed by atoms with Crippen molar-refractivity contribution in [1.82, 2.24) is 15.5 Å². The van der Waals surface area contributed by atoms with Gasteiger partial charge in [-0.05, 0) is 11.5 Å². The first-order valence-corrected chi connectivity index (χ1v) is 6.64. The van der Waals surface area contributed by atoms with Gasteiger partial charge in [0.25, 0.3) is 0 Å². The summed E-state index contributed by atoms with van der Waals surface area (Å²) in [7, 11) is 0. The van der Waals surface area contributed by atoms with E-state index in [4.69, 9.17) is 0 Å². The fraction of sp³-hybridized carbons (Fsp3) is 0.400. The maximum atomic E-state index is 9.33. The molecule has 0 saturated carbocycles. The number of hydrogen-bond donors (Lipinski definition) is 3. The van der Waals surface area contributed by atoms with E-state index in [1.54, 1.807) is 0 Å². The van der Waals surface area contributed by atoms with Gasteiger partial charge in [0.2, 0.25) is 0 Å². The van der Waals surface area contributed by atoms with Gasteiger partial charge in [0.1, 0.15) is 0 Å². The van der Waals surface area contributed by atoms with Gasteiger partial charge in [-0.3, -0.25) is 5.10 Å². The molecule has 1 atom stereocenters. The third-order valence-corrected chi connectivity index (χ3v) is 3.34. The second kappa shape index (κ2) is 6.50. The molecule has 19 heavy (non-hydrogen) atoms. The molecule has 1 heterocycles. The summed E-state index contributed by atoms with van der Waals surface area (Å²) in [5.41, 5.74) is 3.28. The van der Waals surface area contributed by atoms with E-state index in [1.807, 2.05) is 24.4 Å². The predicted molar refractivity (Wildman–Crippen MR) is 76.6 cm³/mol. The van der Waals surface area contributed by atoms with Crippen LogP contribution in [0.15, 0.2) is 36.5 Å². The second-order valence-corrected chi connectivity index (χ2v) is 5.05. The van der Waals surface area contributed by atoms with Crippen LogP contribution in [0.2, 0.25) is 0 Å². The number of aromatic nitrogens is 2. The molecule has 4 nitrogen and oxygen atoms in total. The monoisotopic (exact) mass is 259 g/mol. The summed E-state index contributed by atoms with van der Waals surface area (Å²) in [6.07, 6.45) is 1.84. The van der Waals surface area contributed by atoms with Crippen LogP contribution in [0.4, 0.5) is 0 Å². The number of hydrogen-bond acceptors (Lipinski definition) is 3. The molecule has 0 radical (unpaired) electrons. The van der Waals surface area contributed by atoms with Gasteiger partial charge >= 0.3 is 0 Å². The van der Waals surface area contributed by atoms with Crippen LogP contribution in [0.25, 0.3) is 11.3 Å². The normalized spacial score (nSPS) is 12.8. The van der Waals surface area contributed by atoms with E-state index >= 15 is 0 Å². The largest absolute Gasteiger partial charge is 0.395 e. The van der Waals surface area contributed by atoms with Gasteiger partial charge in [-0.25, -0.2) is 0 Å². The summed E-state index contributed by atoms with van der Waals surface area (Å²) in [6, 6.07) is 10.2. The Balaban J connectivity index is 2.08. The van der Waals surface area contributed by atoms with E-state index in [9.17, 15) is 5.11 Å².